The Bertz CT molecular complexity index is 1410. The largest absolute Gasteiger partial charge is 0.426 e. The summed E-state index contributed by atoms with van der Waals surface area (Å²) in [5, 5.41) is 0. The second-order valence-electron chi connectivity index (χ2n) is 11.7. The predicted molar refractivity (Wildman–Crippen MR) is 143 cm³/mol. The van der Waals surface area contributed by atoms with Gasteiger partial charge in [0, 0.05) is 0 Å². The van der Waals surface area contributed by atoms with Crippen molar-refractivity contribution >= 4 is 35.8 Å². The molecule has 0 amide bonds. The van der Waals surface area contributed by atoms with Crippen LogP contribution in [-0.4, -0.2) is 35.8 Å². The van der Waals surface area contributed by atoms with E-state index in [4.69, 9.17) is 18.9 Å². The summed E-state index contributed by atoms with van der Waals surface area (Å²) in [6, 6.07) is 10.9. The Kier molecular flexibility index (Phi) is 7.16. The van der Waals surface area contributed by atoms with E-state index < -0.39 is 71.3 Å². The van der Waals surface area contributed by atoms with Crippen LogP contribution in [0.15, 0.2) is 36.4 Å². The Morgan fingerprint density at radius 2 is 0.976 bits per heavy atom. The first kappa shape index (κ1) is 27.8. The summed E-state index contributed by atoms with van der Waals surface area (Å²) in [7, 11) is 0. The second kappa shape index (κ2) is 10.8. The van der Waals surface area contributed by atoms with Crippen LogP contribution < -0.4 is 9.47 Å². The van der Waals surface area contributed by atoms with Crippen molar-refractivity contribution in [3.05, 3.63) is 47.5 Å². The highest BCUT2D eigenvalue weighted by Gasteiger charge is 2.50. The van der Waals surface area contributed by atoms with Crippen molar-refractivity contribution in [2.45, 2.75) is 52.4 Å². The summed E-state index contributed by atoms with van der Waals surface area (Å²) in [6.45, 7) is 3.67. The Labute approximate surface area is 241 Å². The van der Waals surface area contributed by atoms with Gasteiger partial charge in [0.25, 0.3) is 0 Å². The second-order valence-corrected chi connectivity index (χ2v) is 11.7. The van der Waals surface area contributed by atoms with Gasteiger partial charge in [-0.15, -0.1) is 0 Å². The molecule has 2 aliphatic heterocycles. The van der Waals surface area contributed by atoms with Gasteiger partial charge >= 0.3 is 35.8 Å². The molecule has 6 unspecified atom stereocenters. The van der Waals surface area contributed by atoms with Crippen LogP contribution in [0.25, 0.3) is 11.1 Å². The van der Waals surface area contributed by atoms with E-state index >= 15 is 0 Å². The van der Waals surface area contributed by atoms with Crippen LogP contribution in [0.4, 0.5) is 0 Å². The third-order valence-corrected chi connectivity index (χ3v) is 9.08. The minimum atomic E-state index is -0.579. The third kappa shape index (κ3) is 5.10. The monoisotopic (exact) mass is 574 g/mol. The molecule has 0 bridgehead atoms. The molecule has 0 aromatic heterocycles. The molecule has 2 heterocycles. The van der Waals surface area contributed by atoms with Gasteiger partial charge in [-0.25, -0.2) is 0 Å². The highest BCUT2D eigenvalue weighted by molar-refractivity contribution is 5.97. The highest BCUT2D eigenvalue weighted by Crippen LogP contribution is 2.41. The van der Waals surface area contributed by atoms with Crippen molar-refractivity contribution < 1.29 is 47.7 Å². The summed E-state index contributed by atoms with van der Waals surface area (Å²) in [5.74, 6) is -5.16. The number of cyclic esters (lactones) is 4. The van der Waals surface area contributed by atoms with E-state index in [1.807, 2.05) is 38.1 Å². The molecule has 0 N–H and O–H groups in total. The molecule has 2 saturated heterocycles. The average Bonchev–Trinajstić information content (AvgIpc) is 3.43. The molecule has 4 fully saturated rings. The highest BCUT2D eigenvalue weighted by atomic mass is 16.6. The SMILES string of the molecule is Cc1cc(-c2ccc(OC(=O)C3CCC4C(=O)OC(=O)C4C3)c(C)c2)ccc1OC(=O)C1CCC2C(=O)OC(=O)C2C1. The van der Waals surface area contributed by atoms with Gasteiger partial charge in [-0.3, -0.25) is 28.8 Å². The van der Waals surface area contributed by atoms with Gasteiger partial charge in [0.1, 0.15) is 11.5 Å². The number of hydrogen-bond acceptors (Lipinski definition) is 10. The van der Waals surface area contributed by atoms with Crippen LogP contribution in [-0.2, 0) is 38.2 Å². The molecule has 2 saturated carbocycles. The van der Waals surface area contributed by atoms with Gasteiger partial charge < -0.3 is 18.9 Å². The summed E-state index contributed by atoms with van der Waals surface area (Å²) in [4.78, 5) is 73.2. The maximum absolute atomic E-state index is 12.9. The number of rotatable bonds is 5. The topological polar surface area (TPSA) is 139 Å². The molecule has 2 aliphatic carbocycles. The number of benzene rings is 2. The summed E-state index contributed by atoms with van der Waals surface area (Å²) in [5.41, 5.74) is 3.25. The van der Waals surface area contributed by atoms with E-state index in [0.717, 1.165) is 22.3 Å². The lowest BCUT2D eigenvalue weighted by Crippen LogP contribution is -2.33. The molecule has 4 aliphatic rings. The number of carbonyl (C=O) groups excluding carboxylic acids is 6. The molecule has 6 atom stereocenters. The van der Waals surface area contributed by atoms with Crippen LogP contribution in [0.3, 0.4) is 0 Å². The van der Waals surface area contributed by atoms with Crippen molar-refractivity contribution in [1.82, 2.24) is 0 Å². The Balaban J connectivity index is 1.08. The normalized spacial score (nSPS) is 28.4. The zero-order valence-corrected chi connectivity index (χ0v) is 23.3. The number of esters is 6. The van der Waals surface area contributed by atoms with Crippen LogP contribution in [0, 0.1) is 49.4 Å². The molecule has 2 aromatic carbocycles. The first-order valence-electron chi connectivity index (χ1n) is 14.2. The van der Waals surface area contributed by atoms with E-state index in [1.54, 1.807) is 12.1 Å². The van der Waals surface area contributed by atoms with Gasteiger partial charge in [0.2, 0.25) is 0 Å². The van der Waals surface area contributed by atoms with Crippen molar-refractivity contribution in [2.75, 3.05) is 0 Å². The molecule has 10 heteroatoms. The molecule has 2 aromatic rings. The first-order chi connectivity index (χ1) is 20.1. The minimum absolute atomic E-state index is 0.246. The summed E-state index contributed by atoms with van der Waals surface area (Å²) < 4.78 is 20.8. The van der Waals surface area contributed by atoms with E-state index in [-0.39, 0.29) is 12.8 Å². The number of aryl methyl sites for hydroxylation is 2. The number of carbonyl (C=O) groups is 6. The fraction of sp³-hybridized carbons (Fsp3) is 0.438. The van der Waals surface area contributed by atoms with Crippen LogP contribution >= 0.6 is 0 Å². The smallest absolute Gasteiger partial charge is 0.317 e. The Morgan fingerprint density at radius 3 is 1.36 bits per heavy atom. The maximum atomic E-state index is 12.9. The minimum Gasteiger partial charge on any atom is -0.426 e. The van der Waals surface area contributed by atoms with Crippen LogP contribution in [0.5, 0.6) is 11.5 Å². The summed E-state index contributed by atoms with van der Waals surface area (Å²) in [6.07, 6.45) is 2.27. The lowest BCUT2D eigenvalue weighted by Gasteiger charge is -2.26. The Hall–Kier alpha value is -4.34. The van der Waals surface area contributed by atoms with Crippen molar-refractivity contribution in [2.24, 2.45) is 35.5 Å². The lowest BCUT2D eigenvalue weighted by atomic mass is 9.75. The lowest BCUT2D eigenvalue weighted by molar-refractivity contribution is -0.155. The van der Waals surface area contributed by atoms with Gasteiger partial charge in [-0.2, -0.15) is 0 Å². The molecule has 10 nitrogen and oxygen atoms in total. The van der Waals surface area contributed by atoms with E-state index in [9.17, 15) is 28.8 Å². The van der Waals surface area contributed by atoms with E-state index in [1.165, 1.54) is 0 Å². The quantitative estimate of drug-likeness (QED) is 0.292. The number of ether oxygens (including phenoxy) is 4. The van der Waals surface area contributed by atoms with Gasteiger partial charge in [0.15, 0.2) is 0 Å². The first-order valence-corrected chi connectivity index (χ1v) is 14.2. The van der Waals surface area contributed by atoms with Crippen LogP contribution in [0.1, 0.15) is 49.7 Å². The fourth-order valence-electron chi connectivity index (χ4n) is 6.63. The molecule has 42 heavy (non-hydrogen) atoms. The van der Waals surface area contributed by atoms with Crippen LogP contribution in [0.2, 0.25) is 0 Å². The maximum Gasteiger partial charge on any atom is 0.317 e. The molecule has 6 rings (SSSR count). The van der Waals surface area contributed by atoms with E-state index in [0.29, 0.717) is 37.2 Å². The average molecular weight is 575 g/mol. The molecule has 0 spiro atoms. The zero-order chi connectivity index (χ0) is 29.7. The summed E-state index contributed by atoms with van der Waals surface area (Å²) >= 11 is 0. The predicted octanol–water partition coefficient (Wildman–Crippen LogP) is 4.01. The molecule has 0 radical (unpaired) electrons. The number of fused-ring (bicyclic) bond motifs is 2. The van der Waals surface area contributed by atoms with Gasteiger partial charge in [0.05, 0.1) is 35.5 Å². The van der Waals surface area contributed by atoms with Gasteiger partial charge in [-0.1, -0.05) is 12.1 Å². The molecular formula is C32H30O10. The van der Waals surface area contributed by atoms with Crippen molar-refractivity contribution in [3.8, 4) is 22.6 Å². The van der Waals surface area contributed by atoms with Crippen molar-refractivity contribution in [3.63, 3.8) is 0 Å². The van der Waals surface area contributed by atoms with Crippen molar-refractivity contribution in [1.29, 1.82) is 0 Å². The standard InChI is InChI=1S/C32H30O10/c1-15-11-17(5-9-25(15)39-27(33)19-3-7-21-23(13-19)31(37)41-29(21)35)18-6-10-26(16(2)12-18)40-28(34)20-4-8-22-24(14-20)32(38)42-30(22)36/h5-6,9-12,19-24H,3-4,7-8,13-14H2,1-2H3. The fourth-order valence-corrected chi connectivity index (χ4v) is 6.63. The zero-order valence-electron chi connectivity index (χ0n) is 23.3. The Morgan fingerprint density at radius 1 is 0.595 bits per heavy atom. The number of hydrogen-bond donors (Lipinski definition) is 0. The van der Waals surface area contributed by atoms with Gasteiger partial charge in [-0.05, 0) is 98.9 Å². The van der Waals surface area contributed by atoms with E-state index in [2.05, 4.69) is 0 Å². The molecular weight excluding hydrogens is 544 g/mol. The third-order valence-electron chi connectivity index (χ3n) is 9.08. The molecule has 218 valence electrons.